The number of nitrogens with one attached hydrogen (secondary N) is 1. The number of rotatable bonds is 2. The van der Waals surface area contributed by atoms with Crippen LogP contribution in [0.25, 0.3) is 0 Å². The van der Waals surface area contributed by atoms with Crippen molar-refractivity contribution in [1.82, 2.24) is 5.43 Å². The topological polar surface area (TPSA) is 52.6 Å². The number of terminal acetylenes is 1. The Hall–Kier alpha value is -2.58. The summed E-state index contributed by atoms with van der Waals surface area (Å²) in [5, 5.41) is 2.08. The Morgan fingerprint density at radius 1 is 0.903 bits per heavy atom. The van der Waals surface area contributed by atoms with Crippen molar-refractivity contribution in [3.8, 4) is 12.3 Å². The molecule has 2 heterocycles. The van der Waals surface area contributed by atoms with E-state index in [9.17, 15) is 9.59 Å². The molecule has 0 bridgehead atoms. The average Bonchev–Trinajstić information content (AvgIpc) is 3.26. The normalized spacial score (nSPS) is 23.3. The molecule has 1 aromatic carbocycles. The Morgan fingerprint density at radius 2 is 1.52 bits per heavy atom. The van der Waals surface area contributed by atoms with Crippen molar-refractivity contribution in [2.45, 2.75) is 82.6 Å². The summed E-state index contributed by atoms with van der Waals surface area (Å²) in [6.45, 7) is 0.492. The maximum atomic E-state index is 13.1. The molecule has 5 nitrogen and oxygen atoms in total. The lowest BCUT2D eigenvalue weighted by atomic mass is 9.82. The second kappa shape index (κ2) is 8.16. The summed E-state index contributed by atoms with van der Waals surface area (Å²) in [6, 6.07) is 6.03. The van der Waals surface area contributed by atoms with E-state index >= 15 is 0 Å². The maximum Gasteiger partial charge on any atom is 0.261 e. The third kappa shape index (κ3) is 3.38. The van der Waals surface area contributed by atoms with Gasteiger partial charge in [0.25, 0.3) is 11.8 Å². The summed E-state index contributed by atoms with van der Waals surface area (Å²) in [7, 11) is 0. The summed E-state index contributed by atoms with van der Waals surface area (Å²) < 4.78 is 0. The zero-order chi connectivity index (χ0) is 21.4. The molecule has 1 fully saturated rings. The van der Waals surface area contributed by atoms with E-state index in [-0.39, 0.29) is 17.4 Å². The van der Waals surface area contributed by atoms with Crippen LogP contribution in [-0.2, 0) is 15.1 Å². The monoisotopic (exact) mass is 417 g/mol. The van der Waals surface area contributed by atoms with E-state index in [1.54, 1.807) is 0 Å². The number of hydrogen-bond acceptors (Lipinski definition) is 4. The molecule has 0 radical (unpaired) electrons. The number of fused-ring (bicyclic) bond motifs is 2. The molecule has 1 aromatic rings. The van der Waals surface area contributed by atoms with Gasteiger partial charge in [-0.2, -0.15) is 0 Å². The standard InChI is InChI=1S/C26H31N3O2/c1-2-17-28-23-14-13-19(29-24(30)20-11-7-8-12-21(20)25(29)31)18-22(23)26(27-28)15-9-5-3-4-6-10-16-26/h1,13-14,18,27H,3-12,15-17H2. The Morgan fingerprint density at radius 3 is 2.13 bits per heavy atom. The predicted molar refractivity (Wildman–Crippen MR) is 122 cm³/mol. The van der Waals surface area contributed by atoms with Crippen LogP contribution >= 0.6 is 0 Å². The maximum absolute atomic E-state index is 13.1. The SMILES string of the molecule is C#CCN1NC2(CCCCCCCC2)c2cc(N3C(=O)C4=C(CCCC4)C3=O)ccc21. The van der Waals surface area contributed by atoms with Gasteiger partial charge in [0.05, 0.1) is 23.5 Å². The van der Waals surface area contributed by atoms with Gasteiger partial charge in [0.15, 0.2) is 0 Å². The van der Waals surface area contributed by atoms with Crippen LogP contribution in [0.3, 0.4) is 0 Å². The van der Waals surface area contributed by atoms with Crippen LogP contribution in [0.4, 0.5) is 11.4 Å². The first-order valence-electron chi connectivity index (χ1n) is 11.9. The van der Waals surface area contributed by atoms with Crippen molar-refractivity contribution in [3.05, 3.63) is 34.9 Å². The van der Waals surface area contributed by atoms with Crippen LogP contribution < -0.4 is 15.3 Å². The number of hydrogen-bond donors (Lipinski definition) is 1. The lowest BCUT2D eigenvalue weighted by Gasteiger charge is -2.32. The van der Waals surface area contributed by atoms with Gasteiger partial charge in [0.1, 0.15) is 0 Å². The van der Waals surface area contributed by atoms with Gasteiger partial charge >= 0.3 is 0 Å². The number of amides is 2. The van der Waals surface area contributed by atoms with Gasteiger partial charge in [0.2, 0.25) is 0 Å². The van der Waals surface area contributed by atoms with E-state index < -0.39 is 0 Å². The molecule has 31 heavy (non-hydrogen) atoms. The first-order valence-corrected chi connectivity index (χ1v) is 11.9. The molecule has 1 saturated carbocycles. The molecule has 5 rings (SSSR count). The number of imide groups is 1. The fraction of sp³-hybridized carbons (Fsp3) is 0.538. The fourth-order valence-electron chi connectivity index (χ4n) is 5.92. The Kier molecular flexibility index (Phi) is 5.35. The Bertz CT molecular complexity index is 949. The fourth-order valence-corrected chi connectivity index (χ4v) is 5.92. The first-order chi connectivity index (χ1) is 15.1. The smallest absolute Gasteiger partial charge is 0.261 e. The molecule has 5 heteroatoms. The summed E-state index contributed by atoms with van der Waals surface area (Å²) in [6.07, 6.45) is 18.6. The number of hydrazine groups is 1. The highest BCUT2D eigenvalue weighted by Crippen LogP contribution is 2.47. The summed E-state index contributed by atoms with van der Waals surface area (Å²) >= 11 is 0. The Labute approximate surface area is 184 Å². The number of nitrogens with zero attached hydrogens (tertiary/aromatic N) is 2. The van der Waals surface area contributed by atoms with Crippen molar-refractivity contribution in [3.63, 3.8) is 0 Å². The molecule has 2 aliphatic carbocycles. The molecule has 2 aliphatic heterocycles. The van der Waals surface area contributed by atoms with Crippen LogP contribution in [-0.4, -0.2) is 18.4 Å². The first kappa shape index (κ1) is 20.3. The van der Waals surface area contributed by atoms with Gasteiger partial charge in [-0.25, -0.2) is 10.3 Å². The molecule has 2 amide bonds. The summed E-state index contributed by atoms with van der Waals surface area (Å²) in [5.74, 6) is 2.54. The van der Waals surface area contributed by atoms with Gasteiger partial charge < -0.3 is 0 Å². The van der Waals surface area contributed by atoms with Gasteiger partial charge in [-0.3, -0.25) is 14.6 Å². The van der Waals surface area contributed by atoms with E-state index in [2.05, 4.69) is 22.4 Å². The van der Waals surface area contributed by atoms with Crippen molar-refractivity contribution in [2.24, 2.45) is 0 Å². The number of carbonyl (C=O) groups excluding carboxylic acids is 2. The van der Waals surface area contributed by atoms with Crippen LogP contribution in [0.1, 0.15) is 82.6 Å². The van der Waals surface area contributed by atoms with Crippen LogP contribution in [0.2, 0.25) is 0 Å². The highest BCUT2D eigenvalue weighted by Gasteiger charge is 2.44. The third-order valence-corrected chi connectivity index (χ3v) is 7.49. The molecular weight excluding hydrogens is 386 g/mol. The molecule has 162 valence electrons. The lowest BCUT2D eigenvalue weighted by molar-refractivity contribution is -0.120. The number of benzene rings is 1. The molecule has 0 atom stereocenters. The quantitative estimate of drug-likeness (QED) is 0.559. The average molecular weight is 418 g/mol. The van der Waals surface area contributed by atoms with Crippen LogP contribution in [0.15, 0.2) is 29.3 Å². The number of carbonyl (C=O) groups is 2. The van der Waals surface area contributed by atoms with Crippen molar-refractivity contribution in [1.29, 1.82) is 0 Å². The van der Waals surface area contributed by atoms with Gasteiger partial charge in [-0.1, -0.05) is 44.4 Å². The highest BCUT2D eigenvalue weighted by atomic mass is 16.2. The second-order valence-corrected chi connectivity index (χ2v) is 9.42. The molecule has 4 aliphatic rings. The second-order valence-electron chi connectivity index (χ2n) is 9.42. The predicted octanol–water partition coefficient (Wildman–Crippen LogP) is 4.72. The minimum absolute atomic E-state index is 0.116. The molecule has 0 saturated heterocycles. The highest BCUT2D eigenvalue weighted by molar-refractivity contribution is 6.33. The molecule has 0 unspecified atom stereocenters. The van der Waals surface area contributed by atoms with E-state index in [0.717, 1.165) is 68.2 Å². The summed E-state index contributed by atoms with van der Waals surface area (Å²) in [4.78, 5) is 27.7. The van der Waals surface area contributed by atoms with Crippen molar-refractivity contribution in [2.75, 3.05) is 16.5 Å². The van der Waals surface area contributed by atoms with Crippen molar-refractivity contribution < 1.29 is 9.59 Å². The largest absolute Gasteiger partial charge is 0.295 e. The summed E-state index contributed by atoms with van der Waals surface area (Å²) in [5.41, 5.74) is 8.02. The van der Waals surface area contributed by atoms with Gasteiger partial charge in [0, 0.05) is 16.7 Å². The Balaban J connectivity index is 1.54. The number of anilines is 2. The van der Waals surface area contributed by atoms with E-state index in [4.69, 9.17) is 6.42 Å². The molecule has 1 N–H and O–H groups in total. The zero-order valence-electron chi connectivity index (χ0n) is 18.2. The minimum atomic E-state index is -0.175. The van der Waals surface area contributed by atoms with Crippen molar-refractivity contribution >= 4 is 23.2 Å². The van der Waals surface area contributed by atoms with Gasteiger partial charge in [-0.15, -0.1) is 6.42 Å². The molecular formula is C26H31N3O2. The van der Waals surface area contributed by atoms with E-state index in [0.29, 0.717) is 12.2 Å². The van der Waals surface area contributed by atoms with Gasteiger partial charge in [-0.05, 0) is 56.7 Å². The molecule has 1 spiro atoms. The molecule has 0 aromatic heterocycles. The van der Waals surface area contributed by atoms with E-state index in [1.165, 1.54) is 36.1 Å². The zero-order valence-corrected chi connectivity index (χ0v) is 18.2. The van der Waals surface area contributed by atoms with Crippen LogP contribution in [0.5, 0.6) is 0 Å². The van der Waals surface area contributed by atoms with Crippen LogP contribution in [0, 0.1) is 12.3 Å². The minimum Gasteiger partial charge on any atom is -0.295 e. The van der Waals surface area contributed by atoms with E-state index in [1.807, 2.05) is 12.1 Å². The third-order valence-electron chi connectivity index (χ3n) is 7.49. The lowest BCUT2D eigenvalue weighted by Crippen LogP contribution is -2.46.